The second-order valence-electron chi connectivity index (χ2n) is 4.65. The van der Waals surface area contributed by atoms with Crippen LogP contribution in [0.3, 0.4) is 0 Å². The summed E-state index contributed by atoms with van der Waals surface area (Å²) in [6, 6.07) is 7.30. The molecule has 2 aromatic rings. The first kappa shape index (κ1) is 14.8. The molecule has 0 atom stereocenters. The lowest BCUT2D eigenvalue weighted by Crippen LogP contribution is -2.33. The molecule has 0 saturated heterocycles. The molecule has 0 aliphatic heterocycles. The van der Waals surface area contributed by atoms with Crippen molar-refractivity contribution in [2.24, 2.45) is 0 Å². The molecule has 1 amide bonds. The average molecular weight is 288 g/mol. The molecule has 2 rings (SSSR count). The van der Waals surface area contributed by atoms with Crippen LogP contribution in [0, 0.1) is 13.8 Å². The average Bonchev–Trinajstić information content (AvgIpc) is 2.86. The van der Waals surface area contributed by atoms with Gasteiger partial charge in [0.25, 0.3) is 5.91 Å². The smallest absolute Gasteiger partial charge is 0.305 e. The fourth-order valence-corrected chi connectivity index (χ4v) is 2.03. The van der Waals surface area contributed by atoms with Crippen molar-refractivity contribution in [3.63, 3.8) is 0 Å². The number of carbonyl (C=O) groups is 2. The van der Waals surface area contributed by atoms with Gasteiger partial charge in [0.1, 0.15) is 0 Å². The molecule has 0 aliphatic carbocycles. The zero-order chi connectivity index (χ0) is 15.4. The topological polar surface area (TPSA) is 83.6 Å². The highest BCUT2D eigenvalue weighted by molar-refractivity contribution is 6.05. The Bertz CT molecular complexity index is 663. The van der Waals surface area contributed by atoms with Gasteiger partial charge in [0.2, 0.25) is 5.76 Å². The van der Waals surface area contributed by atoms with Crippen molar-refractivity contribution in [2.45, 2.75) is 20.3 Å². The third-order valence-electron chi connectivity index (χ3n) is 3.14. The van der Waals surface area contributed by atoms with Crippen molar-refractivity contribution in [3.05, 3.63) is 47.7 Å². The van der Waals surface area contributed by atoms with Crippen LogP contribution in [0.15, 0.2) is 35.1 Å². The first-order chi connectivity index (χ1) is 10.0. The molecule has 21 heavy (non-hydrogen) atoms. The number of rotatable bonds is 5. The van der Waals surface area contributed by atoms with Crippen LogP contribution < -0.4 is 4.90 Å². The lowest BCUT2D eigenvalue weighted by atomic mass is 10.1. The summed E-state index contributed by atoms with van der Waals surface area (Å²) in [4.78, 5) is 28.7. The maximum Gasteiger partial charge on any atom is 0.305 e. The Kier molecular flexibility index (Phi) is 4.37. The third kappa shape index (κ3) is 3.28. The maximum absolute atomic E-state index is 12.6. The van der Waals surface area contributed by atoms with Gasteiger partial charge in [-0.2, -0.15) is 0 Å². The molecule has 0 spiro atoms. The van der Waals surface area contributed by atoms with E-state index in [2.05, 4.69) is 4.98 Å². The number of aliphatic carboxylic acids is 1. The Morgan fingerprint density at radius 2 is 2.00 bits per heavy atom. The van der Waals surface area contributed by atoms with Crippen molar-refractivity contribution < 1.29 is 19.1 Å². The van der Waals surface area contributed by atoms with E-state index in [4.69, 9.17) is 9.52 Å². The number of benzene rings is 1. The second-order valence-corrected chi connectivity index (χ2v) is 4.65. The van der Waals surface area contributed by atoms with E-state index >= 15 is 0 Å². The van der Waals surface area contributed by atoms with E-state index in [1.54, 1.807) is 19.1 Å². The largest absolute Gasteiger partial charge is 0.481 e. The number of hydrogen-bond donors (Lipinski definition) is 1. The fraction of sp³-hybridized carbons (Fsp3) is 0.267. The molecule has 0 fully saturated rings. The third-order valence-corrected chi connectivity index (χ3v) is 3.14. The molecule has 0 unspecified atom stereocenters. The quantitative estimate of drug-likeness (QED) is 0.913. The molecule has 110 valence electrons. The molecule has 6 nitrogen and oxygen atoms in total. The van der Waals surface area contributed by atoms with Crippen molar-refractivity contribution >= 4 is 17.6 Å². The molecule has 0 bridgehead atoms. The lowest BCUT2D eigenvalue weighted by molar-refractivity contribution is -0.136. The molecule has 1 N–H and O–H groups in total. The number of nitrogens with zero attached hydrogens (tertiary/aromatic N) is 2. The summed E-state index contributed by atoms with van der Waals surface area (Å²) in [6.07, 6.45) is 1.06. The minimum absolute atomic E-state index is 0.0686. The van der Waals surface area contributed by atoms with Crippen molar-refractivity contribution in [1.82, 2.24) is 4.98 Å². The van der Waals surface area contributed by atoms with E-state index in [0.29, 0.717) is 11.4 Å². The molecule has 6 heteroatoms. The van der Waals surface area contributed by atoms with E-state index in [1.165, 1.54) is 11.3 Å². The number of carboxylic acid groups (broad SMARTS) is 1. The van der Waals surface area contributed by atoms with Gasteiger partial charge < -0.3 is 14.4 Å². The standard InChI is InChI=1S/C15H16N2O4/c1-10-5-3-4-6-12(10)17(8-7-13(18)19)15(20)14-11(2)16-9-21-14/h3-6,9H,7-8H2,1-2H3,(H,18,19). The number of para-hydroxylation sites is 1. The number of aromatic nitrogens is 1. The van der Waals surface area contributed by atoms with Crippen LogP contribution in [-0.4, -0.2) is 28.5 Å². The SMILES string of the molecule is Cc1ccccc1N(CCC(=O)O)C(=O)c1ocnc1C. The number of carbonyl (C=O) groups excluding carboxylic acids is 1. The van der Waals surface area contributed by atoms with E-state index in [-0.39, 0.29) is 24.6 Å². The summed E-state index contributed by atoms with van der Waals surface area (Å²) >= 11 is 0. The monoisotopic (exact) mass is 288 g/mol. The first-order valence-electron chi connectivity index (χ1n) is 6.50. The van der Waals surface area contributed by atoms with Crippen LogP contribution in [0.4, 0.5) is 5.69 Å². The molecule has 1 aromatic heterocycles. The predicted molar refractivity (Wildman–Crippen MR) is 76.3 cm³/mol. The zero-order valence-electron chi connectivity index (χ0n) is 11.9. The number of anilines is 1. The van der Waals surface area contributed by atoms with Crippen molar-refractivity contribution in [3.8, 4) is 0 Å². The van der Waals surface area contributed by atoms with E-state index in [0.717, 1.165) is 5.56 Å². The van der Waals surface area contributed by atoms with Gasteiger partial charge in [0, 0.05) is 12.2 Å². The normalized spacial score (nSPS) is 10.4. The highest BCUT2D eigenvalue weighted by Gasteiger charge is 2.24. The summed E-state index contributed by atoms with van der Waals surface area (Å²) in [6.45, 7) is 3.60. The molecular weight excluding hydrogens is 272 g/mol. The first-order valence-corrected chi connectivity index (χ1v) is 6.50. The van der Waals surface area contributed by atoms with Crippen LogP contribution in [0.25, 0.3) is 0 Å². The van der Waals surface area contributed by atoms with Gasteiger partial charge in [0.05, 0.1) is 12.1 Å². The van der Waals surface area contributed by atoms with Crippen LogP contribution in [0.5, 0.6) is 0 Å². The fourth-order valence-electron chi connectivity index (χ4n) is 2.03. The summed E-state index contributed by atoms with van der Waals surface area (Å²) < 4.78 is 5.13. The van der Waals surface area contributed by atoms with E-state index in [1.807, 2.05) is 19.1 Å². The number of oxazole rings is 1. The highest BCUT2D eigenvalue weighted by Crippen LogP contribution is 2.22. The summed E-state index contributed by atoms with van der Waals surface area (Å²) in [5.74, 6) is -1.22. The highest BCUT2D eigenvalue weighted by atomic mass is 16.4. The summed E-state index contributed by atoms with van der Waals surface area (Å²) in [5.41, 5.74) is 2.03. The molecule has 0 saturated carbocycles. The predicted octanol–water partition coefficient (Wildman–Crippen LogP) is 2.41. The Hall–Kier alpha value is -2.63. The van der Waals surface area contributed by atoms with Gasteiger partial charge >= 0.3 is 5.97 Å². The van der Waals surface area contributed by atoms with Gasteiger partial charge in [-0.15, -0.1) is 0 Å². The molecule has 1 aromatic carbocycles. The van der Waals surface area contributed by atoms with Crippen LogP contribution in [-0.2, 0) is 4.79 Å². The number of hydrogen-bond acceptors (Lipinski definition) is 4. The van der Waals surface area contributed by atoms with Crippen molar-refractivity contribution in [1.29, 1.82) is 0 Å². The number of carboxylic acids is 1. The maximum atomic E-state index is 12.6. The number of amides is 1. The van der Waals surface area contributed by atoms with Gasteiger partial charge in [-0.25, -0.2) is 4.98 Å². The molecule has 1 heterocycles. The van der Waals surface area contributed by atoms with Crippen LogP contribution in [0.2, 0.25) is 0 Å². The van der Waals surface area contributed by atoms with Crippen LogP contribution in [0.1, 0.15) is 28.2 Å². The van der Waals surface area contributed by atoms with Crippen molar-refractivity contribution in [2.75, 3.05) is 11.4 Å². The number of aryl methyl sites for hydroxylation is 2. The van der Waals surface area contributed by atoms with Gasteiger partial charge in [-0.05, 0) is 25.5 Å². The van der Waals surface area contributed by atoms with E-state index in [9.17, 15) is 9.59 Å². The summed E-state index contributed by atoms with van der Waals surface area (Å²) in [5, 5.41) is 8.87. The second kappa shape index (κ2) is 6.21. The minimum atomic E-state index is -0.962. The van der Waals surface area contributed by atoms with Gasteiger partial charge in [-0.3, -0.25) is 9.59 Å². The minimum Gasteiger partial charge on any atom is -0.481 e. The molecule has 0 radical (unpaired) electrons. The Morgan fingerprint density at radius 3 is 2.57 bits per heavy atom. The van der Waals surface area contributed by atoms with Gasteiger partial charge in [0.15, 0.2) is 6.39 Å². The zero-order valence-corrected chi connectivity index (χ0v) is 11.9. The Balaban J connectivity index is 2.37. The molecular formula is C15H16N2O4. The molecule has 0 aliphatic rings. The van der Waals surface area contributed by atoms with E-state index < -0.39 is 5.97 Å². The Morgan fingerprint density at radius 1 is 1.29 bits per heavy atom. The lowest BCUT2D eigenvalue weighted by Gasteiger charge is -2.23. The van der Waals surface area contributed by atoms with Crippen LogP contribution >= 0.6 is 0 Å². The summed E-state index contributed by atoms with van der Waals surface area (Å²) in [7, 11) is 0. The van der Waals surface area contributed by atoms with Gasteiger partial charge in [-0.1, -0.05) is 18.2 Å². The Labute approximate surface area is 122 Å².